The second-order valence-electron chi connectivity index (χ2n) is 5.99. The first-order chi connectivity index (χ1) is 7.23. The molecular formula is C12H24O4. The van der Waals surface area contributed by atoms with E-state index in [-0.39, 0.29) is 11.9 Å². The molecule has 0 spiro atoms. The van der Waals surface area contributed by atoms with Gasteiger partial charge in [0.15, 0.2) is 5.60 Å². The highest BCUT2D eigenvalue weighted by molar-refractivity contribution is 4.75. The van der Waals surface area contributed by atoms with Gasteiger partial charge in [-0.15, -0.1) is 0 Å². The molecule has 16 heavy (non-hydrogen) atoms. The molecule has 1 fully saturated rings. The molecule has 0 atom stereocenters. The lowest BCUT2D eigenvalue weighted by Crippen LogP contribution is -2.36. The van der Waals surface area contributed by atoms with Crippen molar-refractivity contribution in [1.82, 2.24) is 0 Å². The number of rotatable bonds is 7. The molecule has 0 aromatic carbocycles. The van der Waals surface area contributed by atoms with Crippen molar-refractivity contribution in [2.24, 2.45) is 5.92 Å². The van der Waals surface area contributed by atoms with Crippen LogP contribution in [0, 0.1) is 5.92 Å². The zero-order valence-electron chi connectivity index (χ0n) is 11.2. The number of hydrogen-bond acceptors (Lipinski definition) is 4. The number of hydrogen-bond donors (Lipinski definition) is 0. The fourth-order valence-electron chi connectivity index (χ4n) is 1.20. The third-order valence-electron chi connectivity index (χ3n) is 2.57. The van der Waals surface area contributed by atoms with Crippen LogP contribution in [0.3, 0.4) is 0 Å². The molecule has 4 heteroatoms. The van der Waals surface area contributed by atoms with Gasteiger partial charge in [0.1, 0.15) is 0 Å². The van der Waals surface area contributed by atoms with Crippen LogP contribution in [0.15, 0.2) is 0 Å². The van der Waals surface area contributed by atoms with Gasteiger partial charge >= 0.3 is 0 Å². The van der Waals surface area contributed by atoms with Crippen LogP contribution in [0.5, 0.6) is 0 Å². The van der Waals surface area contributed by atoms with Crippen LogP contribution in [0.25, 0.3) is 0 Å². The summed E-state index contributed by atoms with van der Waals surface area (Å²) in [4.78, 5) is 20.3. The van der Waals surface area contributed by atoms with E-state index in [1.807, 2.05) is 27.7 Å². The van der Waals surface area contributed by atoms with Gasteiger partial charge in [0.2, 0.25) is 0 Å². The van der Waals surface area contributed by atoms with E-state index in [0.717, 1.165) is 12.8 Å². The molecule has 1 aliphatic heterocycles. The Hall–Kier alpha value is -0.160. The molecule has 1 heterocycles. The Morgan fingerprint density at radius 2 is 1.62 bits per heavy atom. The van der Waals surface area contributed by atoms with E-state index >= 15 is 0 Å². The largest absolute Gasteiger partial charge is 0.255 e. The van der Waals surface area contributed by atoms with Gasteiger partial charge in [0, 0.05) is 0 Å². The quantitative estimate of drug-likeness (QED) is 0.384. The smallest absolute Gasteiger partial charge is 0.230 e. The lowest BCUT2D eigenvalue weighted by Gasteiger charge is -2.29. The topological polar surface area (TPSA) is 43.5 Å². The van der Waals surface area contributed by atoms with Gasteiger partial charge < -0.3 is 0 Å². The summed E-state index contributed by atoms with van der Waals surface area (Å²) in [6.07, 6.45) is 1.77. The summed E-state index contributed by atoms with van der Waals surface area (Å²) in [6.45, 7) is 12.2. The fourth-order valence-corrected chi connectivity index (χ4v) is 1.20. The van der Waals surface area contributed by atoms with E-state index in [2.05, 4.69) is 13.8 Å². The van der Waals surface area contributed by atoms with Gasteiger partial charge in [-0.25, -0.2) is 9.78 Å². The van der Waals surface area contributed by atoms with E-state index in [0.29, 0.717) is 5.92 Å². The molecule has 1 saturated heterocycles. The van der Waals surface area contributed by atoms with Crippen molar-refractivity contribution in [3.8, 4) is 0 Å². The molecule has 0 aromatic heterocycles. The predicted octanol–water partition coefficient (Wildman–Crippen LogP) is 3.22. The molecule has 0 radical (unpaired) electrons. The molecule has 96 valence electrons. The van der Waals surface area contributed by atoms with E-state index < -0.39 is 5.60 Å². The molecule has 0 aliphatic carbocycles. The summed E-state index contributed by atoms with van der Waals surface area (Å²) < 4.78 is 0. The molecule has 0 N–H and O–H groups in total. The van der Waals surface area contributed by atoms with Gasteiger partial charge in [-0.2, -0.15) is 9.78 Å². The predicted molar refractivity (Wildman–Crippen MR) is 60.4 cm³/mol. The Kier molecular flexibility index (Phi) is 4.35. The Balaban J connectivity index is 2.28. The summed E-state index contributed by atoms with van der Waals surface area (Å²) in [5, 5.41) is 0. The van der Waals surface area contributed by atoms with Crippen molar-refractivity contribution in [3.63, 3.8) is 0 Å². The minimum Gasteiger partial charge on any atom is -0.230 e. The second kappa shape index (κ2) is 5.00. The fraction of sp³-hybridized carbons (Fsp3) is 1.00. The van der Waals surface area contributed by atoms with Crippen molar-refractivity contribution in [1.29, 1.82) is 0 Å². The van der Waals surface area contributed by atoms with Crippen LogP contribution in [0.2, 0.25) is 0 Å². The third-order valence-corrected chi connectivity index (χ3v) is 2.57. The van der Waals surface area contributed by atoms with E-state index in [4.69, 9.17) is 19.6 Å². The molecule has 4 nitrogen and oxygen atoms in total. The monoisotopic (exact) mass is 232 g/mol. The summed E-state index contributed by atoms with van der Waals surface area (Å²) >= 11 is 0. The lowest BCUT2D eigenvalue weighted by atomic mass is 9.97. The van der Waals surface area contributed by atoms with Crippen molar-refractivity contribution in [2.45, 2.75) is 71.9 Å². The molecule has 0 saturated carbocycles. The van der Waals surface area contributed by atoms with Gasteiger partial charge in [-0.05, 0) is 46.5 Å². The first-order valence-electron chi connectivity index (χ1n) is 5.92. The maximum Gasteiger partial charge on any atom is 0.255 e. The summed E-state index contributed by atoms with van der Waals surface area (Å²) in [5.41, 5.74) is -0.842. The molecule has 0 unspecified atom stereocenters. The van der Waals surface area contributed by atoms with Crippen molar-refractivity contribution in [2.75, 3.05) is 0 Å². The summed E-state index contributed by atoms with van der Waals surface area (Å²) in [5.74, 6) is 0.672. The Labute approximate surface area is 98.1 Å². The zero-order valence-corrected chi connectivity index (χ0v) is 11.2. The first kappa shape index (κ1) is 13.9. The minimum absolute atomic E-state index is 0.281. The molecule has 1 aliphatic rings. The Bertz CT molecular complexity index is 219. The Morgan fingerprint density at radius 3 is 2.06 bits per heavy atom. The molecule has 0 aromatic rings. The average Bonchev–Trinajstić information content (AvgIpc) is 2.95. The SMILES string of the molecule is CC(C)CCC(C)(C)OOC(C)(C)C1OO1. The standard InChI is InChI=1S/C12H24O4/c1-9(2)7-8-11(3,4)15-16-12(5,6)10-13-14-10/h9-10H,7-8H2,1-6H3. The maximum absolute atomic E-state index is 5.49. The van der Waals surface area contributed by atoms with Crippen LogP contribution in [-0.2, 0) is 19.6 Å². The molecule has 1 rings (SSSR count). The second-order valence-corrected chi connectivity index (χ2v) is 5.99. The van der Waals surface area contributed by atoms with Crippen LogP contribution in [-0.4, -0.2) is 17.5 Å². The summed E-state index contributed by atoms with van der Waals surface area (Å²) in [7, 11) is 0. The van der Waals surface area contributed by atoms with Crippen molar-refractivity contribution < 1.29 is 19.6 Å². The normalized spacial score (nSPS) is 18.2. The van der Waals surface area contributed by atoms with Gasteiger partial charge in [-0.3, -0.25) is 0 Å². The Morgan fingerprint density at radius 1 is 1.06 bits per heavy atom. The third kappa shape index (κ3) is 4.78. The highest BCUT2D eigenvalue weighted by Crippen LogP contribution is 2.31. The van der Waals surface area contributed by atoms with Crippen LogP contribution < -0.4 is 0 Å². The maximum atomic E-state index is 5.49. The van der Waals surface area contributed by atoms with E-state index in [1.165, 1.54) is 0 Å². The molecular weight excluding hydrogens is 208 g/mol. The highest BCUT2D eigenvalue weighted by Gasteiger charge is 2.46. The van der Waals surface area contributed by atoms with Crippen LogP contribution in [0.4, 0.5) is 0 Å². The highest BCUT2D eigenvalue weighted by atomic mass is 17.4. The van der Waals surface area contributed by atoms with Gasteiger partial charge in [-0.1, -0.05) is 13.8 Å². The van der Waals surface area contributed by atoms with Crippen LogP contribution in [0.1, 0.15) is 54.4 Å². The van der Waals surface area contributed by atoms with Crippen molar-refractivity contribution >= 4 is 0 Å². The minimum atomic E-state index is -0.560. The lowest BCUT2D eigenvalue weighted by molar-refractivity contribution is -0.405. The van der Waals surface area contributed by atoms with Crippen LogP contribution >= 0.6 is 0 Å². The first-order valence-corrected chi connectivity index (χ1v) is 5.92. The van der Waals surface area contributed by atoms with E-state index in [9.17, 15) is 0 Å². The average molecular weight is 232 g/mol. The van der Waals surface area contributed by atoms with E-state index in [1.54, 1.807) is 0 Å². The molecule has 0 bridgehead atoms. The van der Waals surface area contributed by atoms with Gasteiger partial charge in [0.05, 0.1) is 5.60 Å². The van der Waals surface area contributed by atoms with Crippen molar-refractivity contribution in [3.05, 3.63) is 0 Å². The zero-order chi connectivity index (χ0) is 12.4. The van der Waals surface area contributed by atoms with Gasteiger partial charge in [0.25, 0.3) is 6.29 Å². The molecule has 0 amide bonds. The summed E-state index contributed by atoms with van der Waals surface area (Å²) in [6, 6.07) is 0.